The van der Waals surface area contributed by atoms with Crippen molar-refractivity contribution in [2.24, 2.45) is 0 Å². The van der Waals surface area contributed by atoms with Gasteiger partial charge in [-0.1, -0.05) is 11.6 Å². The lowest BCUT2D eigenvalue weighted by molar-refractivity contribution is -0.141. The average Bonchev–Trinajstić information content (AvgIpc) is 3.55. The molecule has 1 aliphatic heterocycles. The number of piperazine rings is 1. The monoisotopic (exact) mass is 536 g/mol. The maximum Gasteiger partial charge on any atom is 0.253 e. The van der Waals surface area contributed by atoms with Crippen LogP contribution in [-0.2, 0) is 26.1 Å². The Hall–Kier alpha value is -2.28. The Balaban J connectivity index is 1.38. The minimum atomic E-state index is -3.88. The first-order valence-electron chi connectivity index (χ1n) is 10.4. The van der Waals surface area contributed by atoms with E-state index in [0.29, 0.717) is 10.9 Å². The zero-order valence-electron chi connectivity index (χ0n) is 18.1. The molecule has 1 saturated heterocycles. The van der Waals surface area contributed by atoms with E-state index in [1.807, 2.05) is 18.2 Å². The molecule has 1 amide bonds. The minimum Gasteiger partial charge on any atom is -0.382 e. The van der Waals surface area contributed by atoms with Crippen molar-refractivity contribution in [1.82, 2.24) is 19.2 Å². The molecule has 5 heterocycles. The van der Waals surface area contributed by atoms with Crippen molar-refractivity contribution in [2.45, 2.75) is 16.8 Å². The van der Waals surface area contributed by atoms with E-state index in [4.69, 9.17) is 16.3 Å². The van der Waals surface area contributed by atoms with Crippen LogP contribution in [0.25, 0.3) is 20.7 Å². The zero-order valence-corrected chi connectivity index (χ0v) is 21.3. The van der Waals surface area contributed by atoms with Crippen molar-refractivity contribution in [1.29, 1.82) is 0 Å². The molecule has 0 saturated carbocycles. The number of aromatic nitrogens is 2. The lowest BCUT2D eigenvalue weighted by Crippen LogP contribution is -2.59. The normalized spacial score (nSPS) is 17.6. The molecule has 1 N–H and O–H groups in total. The van der Waals surface area contributed by atoms with Gasteiger partial charge in [0, 0.05) is 58.9 Å². The van der Waals surface area contributed by atoms with Gasteiger partial charge >= 0.3 is 0 Å². The van der Waals surface area contributed by atoms with Crippen LogP contribution < -0.4 is 0 Å². The van der Waals surface area contributed by atoms with Gasteiger partial charge in [-0.15, -0.1) is 22.7 Å². The van der Waals surface area contributed by atoms with Crippen molar-refractivity contribution in [3.05, 3.63) is 58.8 Å². The predicted molar refractivity (Wildman–Crippen MR) is 134 cm³/mol. The average molecular weight is 537 g/mol. The number of ether oxygens (including phenoxy) is 1. The van der Waals surface area contributed by atoms with Gasteiger partial charge in [-0.25, -0.2) is 8.42 Å². The van der Waals surface area contributed by atoms with E-state index in [9.17, 15) is 13.2 Å². The van der Waals surface area contributed by atoms with E-state index in [-0.39, 0.29) is 29.8 Å². The van der Waals surface area contributed by atoms with Gasteiger partial charge < -0.3 is 14.6 Å². The predicted octanol–water partition coefficient (Wildman–Crippen LogP) is 4.05. The van der Waals surface area contributed by atoms with E-state index in [0.717, 1.165) is 26.4 Å². The number of hydrogen-bond donors (Lipinski definition) is 1. The summed E-state index contributed by atoms with van der Waals surface area (Å²) in [7, 11) is -2.42. The van der Waals surface area contributed by atoms with Crippen LogP contribution in [-0.4, -0.2) is 66.3 Å². The van der Waals surface area contributed by atoms with Crippen LogP contribution in [0.2, 0.25) is 4.34 Å². The first kappa shape index (κ1) is 23.5. The number of halogens is 1. The van der Waals surface area contributed by atoms with Crippen LogP contribution >= 0.6 is 34.3 Å². The zero-order chi connectivity index (χ0) is 23.9. The SMILES string of the molecule is COC[C@H]1C(=O)N(Cc2cc3cnccc3[nH]2)CCN1S(=O)(=O)c1ccc(-c2ccc(Cl)s2)s1. The van der Waals surface area contributed by atoms with Crippen LogP contribution in [0.15, 0.2) is 53.0 Å². The molecule has 4 aromatic rings. The lowest BCUT2D eigenvalue weighted by atomic mass is 10.2. The smallest absolute Gasteiger partial charge is 0.253 e. The summed E-state index contributed by atoms with van der Waals surface area (Å²) in [5.41, 5.74) is 1.80. The second-order valence-corrected chi connectivity index (χ2v) is 12.7. The number of nitrogens with zero attached hydrogens (tertiary/aromatic N) is 3. The molecule has 1 fully saturated rings. The first-order valence-corrected chi connectivity index (χ1v) is 13.9. The van der Waals surface area contributed by atoms with Gasteiger partial charge in [0.1, 0.15) is 10.3 Å². The van der Waals surface area contributed by atoms with Gasteiger partial charge in [-0.05, 0) is 36.4 Å². The Morgan fingerprint density at radius 2 is 1.97 bits per heavy atom. The molecule has 1 aliphatic rings. The maximum atomic E-state index is 13.5. The number of methoxy groups -OCH3 is 1. The highest BCUT2D eigenvalue weighted by atomic mass is 35.5. The lowest BCUT2D eigenvalue weighted by Gasteiger charge is -2.39. The summed E-state index contributed by atoms with van der Waals surface area (Å²) in [6.45, 7) is 0.792. The van der Waals surface area contributed by atoms with Gasteiger partial charge in [-0.3, -0.25) is 9.78 Å². The molecule has 12 heteroatoms. The minimum absolute atomic E-state index is 0.0239. The molecule has 0 aromatic carbocycles. The number of nitrogens with one attached hydrogen (secondary N) is 1. The molecule has 4 aromatic heterocycles. The highest BCUT2D eigenvalue weighted by Crippen LogP contribution is 2.38. The molecular weight excluding hydrogens is 516 g/mol. The van der Waals surface area contributed by atoms with Gasteiger partial charge in [-0.2, -0.15) is 4.31 Å². The number of fused-ring (bicyclic) bond motifs is 1. The number of hydrogen-bond acceptors (Lipinski definition) is 7. The van der Waals surface area contributed by atoms with Crippen molar-refractivity contribution >= 4 is 61.1 Å². The van der Waals surface area contributed by atoms with Gasteiger partial charge in [0.15, 0.2) is 0 Å². The Morgan fingerprint density at radius 1 is 1.18 bits per heavy atom. The summed E-state index contributed by atoms with van der Waals surface area (Å²) in [5.74, 6) is -0.282. The summed E-state index contributed by atoms with van der Waals surface area (Å²) in [6.07, 6.45) is 3.46. The fourth-order valence-corrected chi connectivity index (χ4v) is 8.18. The quantitative estimate of drug-likeness (QED) is 0.384. The molecule has 0 aliphatic carbocycles. The molecular formula is C22H21ClN4O4S3. The summed E-state index contributed by atoms with van der Waals surface area (Å²) in [5, 5.41) is 0.958. The van der Waals surface area contributed by atoms with Crippen LogP contribution in [0, 0.1) is 0 Å². The number of sulfonamides is 1. The van der Waals surface area contributed by atoms with Crippen LogP contribution in [0.1, 0.15) is 5.69 Å². The summed E-state index contributed by atoms with van der Waals surface area (Å²) >= 11 is 8.59. The molecule has 0 unspecified atom stereocenters. The van der Waals surface area contributed by atoms with Crippen molar-refractivity contribution < 1.29 is 17.9 Å². The van der Waals surface area contributed by atoms with Gasteiger partial charge in [0.25, 0.3) is 10.0 Å². The molecule has 5 rings (SSSR count). The Morgan fingerprint density at radius 3 is 2.71 bits per heavy atom. The Labute approximate surface area is 209 Å². The van der Waals surface area contributed by atoms with Crippen LogP contribution in [0.3, 0.4) is 0 Å². The molecule has 1 atom stereocenters. The third kappa shape index (κ3) is 4.39. The van der Waals surface area contributed by atoms with E-state index in [1.54, 1.807) is 35.5 Å². The number of thiophene rings is 2. The second kappa shape index (κ2) is 9.40. The van der Waals surface area contributed by atoms with E-state index >= 15 is 0 Å². The van der Waals surface area contributed by atoms with E-state index in [2.05, 4.69) is 9.97 Å². The highest BCUT2D eigenvalue weighted by molar-refractivity contribution is 7.91. The molecule has 178 valence electrons. The molecule has 0 bridgehead atoms. The van der Waals surface area contributed by atoms with Crippen molar-refractivity contribution in [3.8, 4) is 9.75 Å². The number of carbonyl (C=O) groups is 1. The standard InChI is InChI=1S/C22H21ClN4O4S3/c1-31-13-17-22(28)26(12-15-10-14-11-24-7-6-16(14)25-15)8-9-27(17)34(29,30)21-5-3-19(33-21)18-2-4-20(23)32-18/h2-7,10-11,17,25H,8-9,12-13H2,1H3/t17-/m0/s1. The van der Waals surface area contributed by atoms with E-state index < -0.39 is 16.1 Å². The summed E-state index contributed by atoms with van der Waals surface area (Å²) in [6, 6.07) is 9.90. The fraction of sp³-hybridized carbons (Fsp3) is 0.273. The third-order valence-electron chi connectivity index (χ3n) is 5.66. The molecule has 8 nitrogen and oxygen atoms in total. The van der Waals surface area contributed by atoms with Gasteiger partial charge in [0.05, 0.1) is 17.5 Å². The topological polar surface area (TPSA) is 95.6 Å². The Bertz CT molecular complexity index is 1410. The Kier molecular flexibility index (Phi) is 6.49. The van der Waals surface area contributed by atoms with Crippen molar-refractivity contribution in [2.75, 3.05) is 26.8 Å². The third-order valence-corrected chi connectivity index (χ3v) is 10.5. The highest BCUT2D eigenvalue weighted by Gasteiger charge is 2.42. The largest absolute Gasteiger partial charge is 0.382 e. The number of rotatable bonds is 7. The molecule has 0 radical (unpaired) electrons. The van der Waals surface area contributed by atoms with Crippen molar-refractivity contribution in [3.63, 3.8) is 0 Å². The first-order chi connectivity index (χ1) is 16.4. The molecule has 34 heavy (non-hydrogen) atoms. The van der Waals surface area contributed by atoms with Crippen LogP contribution in [0.5, 0.6) is 0 Å². The maximum absolute atomic E-state index is 13.5. The second-order valence-electron chi connectivity index (χ2n) is 7.83. The fourth-order valence-electron chi connectivity index (χ4n) is 4.05. The number of pyridine rings is 1. The molecule has 0 spiro atoms. The number of H-pyrrole nitrogens is 1. The number of amides is 1. The number of carbonyl (C=O) groups excluding carboxylic acids is 1. The summed E-state index contributed by atoms with van der Waals surface area (Å²) < 4.78 is 34.4. The van der Waals surface area contributed by atoms with E-state index in [1.165, 1.54) is 34.1 Å². The van der Waals surface area contributed by atoms with Crippen LogP contribution in [0.4, 0.5) is 0 Å². The number of aromatic amines is 1. The summed E-state index contributed by atoms with van der Waals surface area (Å²) in [4.78, 5) is 24.2. The van der Waals surface area contributed by atoms with Gasteiger partial charge in [0.2, 0.25) is 5.91 Å².